The fourth-order valence-electron chi connectivity index (χ4n) is 7.42. The molecule has 0 saturated heterocycles. The standard InChI is InChI=1S/C46H50N4O/c1-10-11-18-41-45(44-30(4)15-14-16-31(44)5)32(6)48-50(41)35-24-33(29(2)3)25-37(27-35)51-36-20-21-39-38-17-12-13-19-40(38)49(42(39)28-36)43-26-34(22-23-47-43)46(7,8)9/h12-17,19-29H,10-11,18H2,1-9H3. The molecule has 3 aromatic heterocycles. The van der Waals surface area contributed by atoms with Crippen LogP contribution >= 0.6 is 0 Å². The number of unbranched alkanes of at least 4 members (excludes halogenated alkanes) is 1. The van der Waals surface area contributed by atoms with Gasteiger partial charge in [0.1, 0.15) is 17.3 Å². The monoisotopic (exact) mass is 674 g/mol. The van der Waals surface area contributed by atoms with Crippen molar-refractivity contribution in [1.82, 2.24) is 19.3 Å². The Kier molecular flexibility index (Phi) is 9.09. The highest BCUT2D eigenvalue weighted by atomic mass is 16.5. The van der Waals surface area contributed by atoms with Gasteiger partial charge in [-0.05, 0) is 115 Å². The highest BCUT2D eigenvalue weighted by Gasteiger charge is 2.22. The molecule has 0 N–H and O–H groups in total. The summed E-state index contributed by atoms with van der Waals surface area (Å²) < 4.78 is 11.3. The number of para-hydroxylation sites is 1. The van der Waals surface area contributed by atoms with Gasteiger partial charge >= 0.3 is 0 Å². The van der Waals surface area contributed by atoms with Gasteiger partial charge in [0.15, 0.2) is 0 Å². The third-order valence-corrected chi connectivity index (χ3v) is 10.2. The lowest BCUT2D eigenvalue weighted by Gasteiger charge is -2.20. The zero-order valence-electron chi connectivity index (χ0n) is 31.6. The number of rotatable bonds is 9. The summed E-state index contributed by atoms with van der Waals surface area (Å²) in [6, 6.07) is 32.5. The Labute approximate surface area is 302 Å². The van der Waals surface area contributed by atoms with Gasteiger partial charge in [-0.3, -0.25) is 4.57 Å². The lowest BCUT2D eigenvalue weighted by atomic mass is 9.88. The summed E-state index contributed by atoms with van der Waals surface area (Å²) in [4.78, 5) is 4.87. The number of benzene rings is 4. The average Bonchev–Trinajstić information content (AvgIpc) is 3.60. The smallest absolute Gasteiger partial charge is 0.137 e. The van der Waals surface area contributed by atoms with E-state index in [4.69, 9.17) is 14.8 Å². The molecule has 5 heteroatoms. The molecule has 260 valence electrons. The van der Waals surface area contributed by atoms with Gasteiger partial charge in [-0.15, -0.1) is 0 Å². The van der Waals surface area contributed by atoms with E-state index in [1.165, 1.54) is 49.8 Å². The number of pyridine rings is 1. The topological polar surface area (TPSA) is 44.9 Å². The molecule has 0 amide bonds. The number of fused-ring (bicyclic) bond motifs is 3. The number of nitrogens with zero attached hydrogens (tertiary/aromatic N) is 4. The first-order valence-electron chi connectivity index (χ1n) is 18.4. The van der Waals surface area contributed by atoms with Crippen molar-refractivity contribution in [1.29, 1.82) is 0 Å². The van der Waals surface area contributed by atoms with E-state index in [9.17, 15) is 0 Å². The second kappa shape index (κ2) is 13.5. The van der Waals surface area contributed by atoms with Gasteiger partial charge < -0.3 is 4.74 Å². The molecule has 7 aromatic rings. The van der Waals surface area contributed by atoms with Gasteiger partial charge in [0.2, 0.25) is 0 Å². The van der Waals surface area contributed by atoms with Crippen LogP contribution in [0.2, 0.25) is 0 Å². The van der Waals surface area contributed by atoms with Gasteiger partial charge in [0.25, 0.3) is 0 Å². The predicted octanol–water partition coefficient (Wildman–Crippen LogP) is 12.5. The van der Waals surface area contributed by atoms with E-state index in [1.54, 1.807) is 0 Å². The molecule has 0 aliphatic carbocycles. The van der Waals surface area contributed by atoms with Crippen molar-refractivity contribution in [2.75, 3.05) is 0 Å². The normalized spacial score (nSPS) is 12.0. The Morgan fingerprint density at radius 2 is 1.49 bits per heavy atom. The van der Waals surface area contributed by atoms with Crippen LogP contribution < -0.4 is 4.74 Å². The van der Waals surface area contributed by atoms with Crippen LogP contribution in [-0.4, -0.2) is 19.3 Å². The van der Waals surface area contributed by atoms with Crippen LogP contribution in [0.3, 0.4) is 0 Å². The van der Waals surface area contributed by atoms with E-state index in [0.29, 0.717) is 5.92 Å². The van der Waals surface area contributed by atoms with Crippen LogP contribution in [0.5, 0.6) is 11.5 Å². The van der Waals surface area contributed by atoms with Crippen molar-refractivity contribution in [2.24, 2.45) is 0 Å². The summed E-state index contributed by atoms with van der Waals surface area (Å²) in [6.45, 7) is 20.0. The number of ether oxygens (including phenoxy) is 1. The summed E-state index contributed by atoms with van der Waals surface area (Å²) in [7, 11) is 0. The second-order valence-corrected chi connectivity index (χ2v) is 15.4. The Morgan fingerprint density at radius 3 is 2.22 bits per heavy atom. The lowest BCUT2D eigenvalue weighted by molar-refractivity contribution is 0.481. The summed E-state index contributed by atoms with van der Waals surface area (Å²) in [6.07, 6.45) is 5.09. The van der Waals surface area contributed by atoms with Gasteiger partial charge in [0, 0.05) is 34.7 Å². The van der Waals surface area contributed by atoms with Crippen molar-refractivity contribution < 1.29 is 4.74 Å². The molecule has 0 fully saturated rings. The van der Waals surface area contributed by atoms with Crippen LogP contribution in [0.15, 0.2) is 97.2 Å². The SMILES string of the molecule is CCCCc1c(-c2c(C)cccc2C)c(C)nn1-c1cc(Oc2ccc3c4ccccc4n(-c4cc(C(C)(C)C)ccn4)c3c2)cc(C(C)C)c1. The van der Waals surface area contributed by atoms with E-state index in [0.717, 1.165) is 59.0 Å². The van der Waals surface area contributed by atoms with Crippen LogP contribution in [0.1, 0.15) is 93.9 Å². The zero-order valence-corrected chi connectivity index (χ0v) is 31.6. The van der Waals surface area contributed by atoms with Crippen molar-refractivity contribution in [3.63, 3.8) is 0 Å². The molecule has 4 aromatic carbocycles. The highest BCUT2D eigenvalue weighted by Crippen LogP contribution is 2.39. The Bertz CT molecular complexity index is 2360. The lowest BCUT2D eigenvalue weighted by Crippen LogP contribution is -2.12. The molecule has 0 aliphatic heterocycles. The van der Waals surface area contributed by atoms with Gasteiger partial charge in [-0.1, -0.05) is 84.4 Å². The molecule has 0 unspecified atom stereocenters. The van der Waals surface area contributed by atoms with Crippen LogP contribution in [0.25, 0.3) is 44.4 Å². The van der Waals surface area contributed by atoms with E-state index in [2.05, 4.69) is 163 Å². The minimum atomic E-state index is 0.00684. The van der Waals surface area contributed by atoms with Gasteiger partial charge in [-0.2, -0.15) is 5.10 Å². The molecule has 0 atom stereocenters. The quantitative estimate of drug-likeness (QED) is 0.153. The maximum Gasteiger partial charge on any atom is 0.137 e. The summed E-state index contributed by atoms with van der Waals surface area (Å²) in [5.41, 5.74) is 13.1. The molecular weight excluding hydrogens is 625 g/mol. The average molecular weight is 675 g/mol. The Morgan fingerprint density at radius 1 is 0.745 bits per heavy atom. The Hall–Kier alpha value is -5.16. The first kappa shape index (κ1) is 34.3. The number of aryl methyl sites for hydroxylation is 3. The van der Waals surface area contributed by atoms with E-state index in [-0.39, 0.29) is 5.41 Å². The number of hydrogen-bond donors (Lipinski definition) is 0. The van der Waals surface area contributed by atoms with Gasteiger partial charge in [0.05, 0.1) is 28.1 Å². The molecular formula is C46H50N4O. The fourth-order valence-corrected chi connectivity index (χ4v) is 7.42. The van der Waals surface area contributed by atoms with Crippen molar-refractivity contribution >= 4 is 21.8 Å². The van der Waals surface area contributed by atoms with E-state index in [1.807, 2.05) is 6.20 Å². The maximum absolute atomic E-state index is 6.81. The highest BCUT2D eigenvalue weighted by molar-refractivity contribution is 6.09. The van der Waals surface area contributed by atoms with Crippen molar-refractivity contribution in [3.8, 4) is 34.1 Å². The molecule has 3 heterocycles. The van der Waals surface area contributed by atoms with Crippen LogP contribution in [0, 0.1) is 20.8 Å². The zero-order chi connectivity index (χ0) is 36.0. The molecule has 0 spiro atoms. The molecule has 0 aliphatic rings. The maximum atomic E-state index is 6.81. The second-order valence-electron chi connectivity index (χ2n) is 15.4. The number of hydrogen-bond acceptors (Lipinski definition) is 3. The fraction of sp³-hybridized carbons (Fsp3) is 0.304. The summed E-state index contributed by atoms with van der Waals surface area (Å²) in [5.74, 6) is 2.80. The third-order valence-electron chi connectivity index (χ3n) is 10.2. The number of aromatic nitrogens is 4. The van der Waals surface area contributed by atoms with Crippen molar-refractivity contribution in [3.05, 3.63) is 131 Å². The third kappa shape index (κ3) is 6.46. The first-order chi connectivity index (χ1) is 24.4. The molecule has 0 radical (unpaired) electrons. The molecule has 0 bridgehead atoms. The molecule has 51 heavy (non-hydrogen) atoms. The van der Waals surface area contributed by atoms with Crippen molar-refractivity contribution in [2.45, 2.75) is 92.9 Å². The Balaban J connectivity index is 1.36. The van der Waals surface area contributed by atoms with Crippen LogP contribution in [-0.2, 0) is 11.8 Å². The largest absolute Gasteiger partial charge is 0.457 e. The first-order valence-corrected chi connectivity index (χ1v) is 18.4. The predicted molar refractivity (Wildman–Crippen MR) is 213 cm³/mol. The molecule has 5 nitrogen and oxygen atoms in total. The van der Waals surface area contributed by atoms with Gasteiger partial charge in [-0.25, -0.2) is 9.67 Å². The minimum absolute atomic E-state index is 0.00684. The van der Waals surface area contributed by atoms with E-state index >= 15 is 0 Å². The minimum Gasteiger partial charge on any atom is -0.457 e. The summed E-state index contributed by atoms with van der Waals surface area (Å²) >= 11 is 0. The molecule has 7 rings (SSSR count). The van der Waals surface area contributed by atoms with Crippen LogP contribution in [0.4, 0.5) is 0 Å². The van der Waals surface area contributed by atoms with E-state index < -0.39 is 0 Å². The summed E-state index contributed by atoms with van der Waals surface area (Å²) in [5, 5.41) is 7.59. The molecule has 0 saturated carbocycles.